The third kappa shape index (κ3) is 5.55. The number of aromatic hydroxyl groups is 1. The minimum atomic E-state index is -1.08. The first-order chi connectivity index (χ1) is 15.4. The predicted octanol–water partition coefficient (Wildman–Crippen LogP) is 2.66. The molecule has 2 aromatic rings. The number of carboxylic acids is 1. The van der Waals surface area contributed by atoms with Crippen molar-refractivity contribution in [2.24, 2.45) is 5.10 Å². The molecule has 0 atom stereocenters. The second kappa shape index (κ2) is 10.3. The molecule has 0 radical (unpaired) electrons. The van der Waals surface area contributed by atoms with Gasteiger partial charge in [-0.25, -0.2) is 10.2 Å². The lowest BCUT2D eigenvalue weighted by Gasteiger charge is -2.12. The van der Waals surface area contributed by atoms with Crippen molar-refractivity contribution in [2.75, 3.05) is 13.2 Å². The van der Waals surface area contributed by atoms with Crippen LogP contribution in [0.25, 0.3) is 6.08 Å². The first kappa shape index (κ1) is 22.6. The van der Waals surface area contributed by atoms with Gasteiger partial charge in [0.05, 0.1) is 10.5 Å². The Kier molecular flexibility index (Phi) is 7.29. The maximum Gasteiger partial charge on any atom is 0.341 e. The average molecular weight is 453 g/mol. The summed E-state index contributed by atoms with van der Waals surface area (Å²) in [6, 6.07) is 12.6. The van der Waals surface area contributed by atoms with Gasteiger partial charge in [-0.05, 0) is 47.7 Å². The number of rotatable bonds is 8. The zero-order chi connectivity index (χ0) is 23.1. The molecular formula is C22H19N3O6S. The number of carboxylic acid groups (broad SMARTS) is 1. The van der Waals surface area contributed by atoms with Crippen LogP contribution in [0.1, 0.15) is 15.9 Å². The van der Waals surface area contributed by atoms with Crippen molar-refractivity contribution in [3.05, 3.63) is 77.2 Å². The van der Waals surface area contributed by atoms with Crippen LogP contribution in [0.5, 0.6) is 11.5 Å². The van der Waals surface area contributed by atoms with E-state index >= 15 is 0 Å². The Hall–Kier alpha value is -4.05. The summed E-state index contributed by atoms with van der Waals surface area (Å²) in [4.78, 5) is 37.4. The highest BCUT2D eigenvalue weighted by molar-refractivity contribution is 8.18. The number of nitrogens with one attached hydrogen (secondary N) is 1. The molecule has 2 amide bonds. The van der Waals surface area contributed by atoms with Crippen LogP contribution in [0.4, 0.5) is 0 Å². The molecule has 1 saturated heterocycles. The number of para-hydroxylation sites is 1. The number of hydrazone groups is 1. The maximum absolute atomic E-state index is 12.8. The zero-order valence-corrected chi connectivity index (χ0v) is 17.5. The summed E-state index contributed by atoms with van der Waals surface area (Å²) in [7, 11) is 0. The molecule has 0 spiro atoms. The van der Waals surface area contributed by atoms with E-state index in [1.54, 1.807) is 42.5 Å². The van der Waals surface area contributed by atoms with Crippen molar-refractivity contribution in [3.8, 4) is 11.5 Å². The molecule has 3 rings (SSSR count). The lowest BCUT2D eigenvalue weighted by Crippen LogP contribution is -2.31. The van der Waals surface area contributed by atoms with Crippen molar-refractivity contribution in [2.45, 2.75) is 0 Å². The van der Waals surface area contributed by atoms with Gasteiger partial charge in [0, 0.05) is 6.54 Å². The summed E-state index contributed by atoms with van der Waals surface area (Å²) in [5.74, 6) is -1.79. The van der Waals surface area contributed by atoms with Gasteiger partial charge in [-0.2, -0.15) is 0 Å². The third-order valence-corrected chi connectivity index (χ3v) is 5.15. The quantitative estimate of drug-likeness (QED) is 0.318. The summed E-state index contributed by atoms with van der Waals surface area (Å²) < 4.78 is 5.09. The molecule has 1 aliphatic rings. The van der Waals surface area contributed by atoms with Gasteiger partial charge in [0.25, 0.3) is 11.8 Å². The van der Waals surface area contributed by atoms with E-state index < -0.39 is 18.5 Å². The number of thioether (sulfide) groups is 1. The van der Waals surface area contributed by atoms with Crippen LogP contribution in [0.2, 0.25) is 0 Å². The number of hydrogen-bond donors (Lipinski definition) is 3. The van der Waals surface area contributed by atoms with Crippen LogP contribution in [-0.2, 0) is 9.59 Å². The van der Waals surface area contributed by atoms with Crippen LogP contribution in [-0.4, -0.2) is 51.2 Å². The van der Waals surface area contributed by atoms with E-state index in [4.69, 9.17) is 9.84 Å². The highest BCUT2D eigenvalue weighted by atomic mass is 32.2. The molecule has 1 fully saturated rings. The smallest absolute Gasteiger partial charge is 0.341 e. The number of hydrogen-bond acceptors (Lipinski definition) is 7. The summed E-state index contributed by atoms with van der Waals surface area (Å²) in [5, 5.41) is 22.8. The Morgan fingerprint density at radius 3 is 2.56 bits per heavy atom. The second-order valence-electron chi connectivity index (χ2n) is 6.42. The molecule has 1 aliphatic heterocycles. The predicted molar refractivity (Wildman–Crippen MR) is 120 cm³/mol. The van der Waals surface area contributed by atoms with Gasteiger partial charge in [0.15, 0.2) is 11.8 Å². The van der Waals surface area contributed by atoms with Gasteiger partial charge < -0.3 is 14.9 Å². The largest absolute Gasteiger partial charge is 0.507 e. The third-order valence-electron chi connectivity index (χ3n) is 4.14. The molecule has 164 valence electrons. The van der Waals surface area contributed by atoms with E-state index in [9.17, 15) is 19.5 Å². The van der Waals surface area contributed by atoms with Gasteiger partial charge in [-0.1, -0.05) is 30.3 Å². The van der Waals surface area contributed by atoms with Crippen LogP contribution in [0.15, 0.2) is 71.2 Å². The van der Waals surface area contributed by atoms with Crippen LogP contribution in [0.3, 0.4) is 0 Å². The van der Waals surface area contributed by atoms with Gasteiger partial charge in [0.2, 0.25) is 0 Å². The summed E-state index contributed by atoms with van der Waals surface area (Å²) in [5.41, 5.74) is 3.11. The molecule has 2 aromatic carbocycles. The highest BCUT2D eigenvalue weighted by Crippen LogP contribution is 2.32. The molecule has 0 bridgehead atoms. The Morgan fingerprint density at radius 1 is 1.19 bits per heavy atom. The minimum absolute atomic E-state index is 0.0578. The van der Waals surface area contributed by atoms with E-state index in [0.29, 0.717) is 16.2 Å². The molecule has 0 unspecified atom stereocenters. The van der Waals surface area contributed by atoms with Crippen molar-refractivity contribution in [1.82, 2.24) is 10.3 Å². The summed E-state index contributed by atoms with van der Waals surface area (Å²) in [6.07, 6.45) is 3.19. The standard InChI is InChI=1S/C22H19N3O6S/c1-2-11-25-21(30)18(12-14-7-9-15(10-8-14)31-13-19(27)28)32-22(25)24-23-20(29)16-5-3-4-6-17(16)26/h2-10,12,26H,1,11,13H2,(H,23,29)(H,27,28). The van der Waals surface area contributed by atoms with Crippen LogP contribution in [0, 0.1) is 0 Å². The topological polar surface area (TPSA) is 129 Å². The molecule has 9 nitrogen and oxygen atoms in total. The number of phenols is 1. The SMILES string of the molecule is C=CCN1C(=O)C(=Cc2ccc(OCC(=O)O)cc2)SC1=NNC(=O)c1ccccc1O. The number of carbonyl (C=O) groups excluding carboxylic acids is 2. The average Bonchev–Trinajstić information content (AvgIpc) is 3.06. The molecule has 0 aliphatic carbocycles. The Labute approximate surface area is 187 Å². The number of aliphatic carboxylic acids is 1. The van der Waals surface area contributed by atoms with Gasteiger partial charge >= 0.3 is 5.97 Å². The number of nitrogens with zero attached hydrogens (tertiary/aromatic N) is 2. The van der Waals surface area contributed by atoms with Crippen molar-refractivity contribution in [3.63, 3.8) is 0 Å². The molecule has 10 heteroatoms. The summed E-state index contributed by atoms with van der Waals surface area (Å²) >= 11 is 1.07. The van der Waals surface area contributed by atoms with Crippen molar-refractivity contribution in [1.29, 1.82) is 0 Å². The number of carbonyl (C=O) groups is 3. The van der Waals surface area contributed by atoms with Crippen LogP contribution < -0.4 is 10.2 Å². The normalized spacial score (nSPS) is 15.8. The number of amidine groups is 1. The summed E-state index contributed by atoms with van der Waals surface area (Å²) in [6.45, 7) is 3.39. The minimum Gasteiger partial charge on any atom is -0.507 e. The van der Waals surface area contributed by atoms with E-state index in [1.165, 1.54) is 23.1 Å². The lowest BCUT2D eigenvalue weighted by atomic mass is 10.2. The highest BCUT2D eigenvalue weighted by Gasteiger charge is 2.33. The van der Waals surface area contributed by atoms with E-state index in [1.807, 2.05) is 0 Å². The van der Waals surface area contributed by atoms with E-state index in [2.05, 4.69) is 17.1 Å². The van der Waals surface area contributed by atoms with Crippen molar-refractivity contribution >= 4 is 40.8 Å². The molecule has 0 saturated carbocycles. The van der Waals surface area contributed by atoms with Crippen molar-refractivity contribution < 1.29 is 29.3 Å². The first-order valence-electron chi connectivity index (χ1n) is 9.32. The number of benzene rings is 2. The Morgan fingerprint density at radius 2 is 1.91 bits per heavy atom. The fourth-order valence-corrected chi connectivity index (χ4v) is 3.61. The first-order valence-corrected chi connectivity index (χ1v) is 10.1. The number of ether oxygens (including phenoxy) is 1. The monoisotopic (exact) mass is 453 g/mol. The fraction of sp³-hybridized carbons (Fsp3) is 0.0909. The zero-order valence-electron chi connectivity index (χ0n) is 16.7. The second-order valence-corrected chi connectivity index (χ2v) is 7.43. The lowest BCUT2D eigenvalue weighted by molar-refractivity contribution is -0.139. The van der Waals surface area contributed by atoms with Gasteiger partial charge in [-0.15, -0.1) is 11.7 Å². The number of phenolic OH excluding ortho intramolecular Hbond substituents is 1. The maximum atomic E-state index is 12.8. The molecule has 3 N–H and O–H groups in total. The molecule has 1 heterocycles. The Bertz CT molecular complexity index is 1110. The van der Waals surface area contributed by atoms with Gasteiger partial charge in [-0.3, -0.25) is 14.5 Å². The molecule has 32 heavy (non-hydrogen) atoms. The van der Waals surface area contributed by atoms with Gasteiger partial charge in [0.1, 0.15) is 11.5 Å². The van der Waals surface area contributed by atoms with E-state index in [-0.39, 0.29) is 28.9 Å². The number of amides is 2. The molecular weight excluding hydrogens is 434 g/mol. The Balaban J connectivity index is 1.76. The fourth-order valence-electron chi connectivity index (χ4n) is 2.66. The van der Waals surface area contributed by atoms with Crippen LogP contribution >= 0.6 is 11.8 Å². The molecule has 0 aromatic heterocycles. The van der Waals surface area contributed by atoms with E-state index in [0.717, 1.165) is 11.8 Å².